The van der Waals surface area contributed by atoms with Crippen LogP contribution in [0.4, 0.5) is 0 Å². The molecule has 5 nitrogen and oxygen atoms in total. The molecular formula is C12H20ClN3O2. The van der Waals surface area contributed by atoms with Crippen molar-refractivity contribution in [2.24, 2.45) is 0 Å². The van der Waals surface area contributed by atoms with Gasteiger partial charge in [0.2, 0.25) is 0 Å². The smallest absolute Gasteiger partial charge is 0.148 e. The Morgan fingerprint density at radius 1 is 1.50 bits per heavy atom. The quantitative estimate of drug-likeness (QED) is 0.744. The number of nitrogens with zero attached hydrogens (tertiary/aromatic N) is 3. The second-order valence-corrected chi connectivity index (χ2v) is 4.73. The zero-order valence-corrected chi connectivity index (χ0v) is 11.7. The lowest BCUT2D eigenvalue weighted by Crippen LogP contribution is -2.19. The molecule has 2 unspecified atom stereocenters. The van der Waals surface area contributed by atoms with E-state index in [9.17, 15) is 0 Å². The van der Waals surface area contributed by atoms with E-state index < -0.39 is 0 Å². The van der Waals surface area contributed by atoms with Gasteiger partial charge in [-0.1, -0.05) is 6.92 Å². The van der Waals surface area contributed by atoms with Crippen LogP contribution < -0.4 is 0 Å². The van der Waals surface area contributed by atoms with Gasteiger partial charge in [-0.3, -0.25) is 0 Å². The normalized spacial score (nSPS) is 23.7. The molecule has 1 aromatic rings. The van der Waals surface area contributed by atoms with Crippen molar-refractivity contribution >= 4 is 11.6 Å². The van der Waals surface area contributed by atoms with Crippen LogP contribution in [0.1, 0.15) is 37.3 Å². The standard InChI is InChI=1S/C12H20ClN3O2/c1-3-10-9(4-6-18-10)12-15-14-11(8-13)16(12)5-7-17-2/h9-10H,3-8H2,1-2H3. The number of aromatic nitrogens is 3. The number of ether oxygens (including phenoxy) is 2. The molecule has 0 spiro atoms. The topological polar surface area (TPSA) is 49.2 Å². The number of halogens is 1. The zero-order valence-electron chi connectivity index (χ0n) is 10.9. The van der Waals surface area contributed by atoms with Gasteiger partial charge in [0, 0.05) is 26.2 Å². The van der Waals surface area contributed by atoms with E-state index in [2.05, 4.69) is 21.7 Å². The van der Waals surface area contributed by atoms with Crippen molar-refractivity contribution < 1.29 is 9.47 Å². The minimum absolute atomic E-state index is 0.249. The Morgan fingerprint density at radius 2 is 2.33 bits per heavy atom. The van der Waals surface area contributed by atoms with Crippen molar-refractivity contribution in [1.29, 1.82) is 0 Å². The largest absolute Gasteiger partial charge is 0.383 e. The van der Waals surface area contributed by atoms with Gasteiger partial charge < -0.3 is 14.0 Å². The highest BCUT2D eigenvalue weighted by molar-refractivity contribution is 6.16. The van der Waals surface area contributed by atoms with Crippen LogP contribution in [0.25, 0.3) is 0 Å². The molecule has 2 atom stereocenters. The minimum atomic E-state index is 0.249. The third kappa shape index (κ3) is 2.68. The van der Waals surface area contributed by atoms with Gasteiger partial charge in [-0.15, -0.1) is 21.8 Å². The van der Waals surface area contributed by atoms with Crippen LogP contribution >= 0.6 is 11.6 Å². The monoisotopic (exact) mass is 273 g/mol. The number of hydrogen-bond acceptors (Lipinski definition) is 4. The Bertz CT molecular complexity index is 383. The highest BCUT2D eigenvalue weighted by atomic mass is 35.5. The van der Waals surface area contributed by atoms with Crippen molar-refractivity contribution in [1.82, 2.24) is 14.8 Å². The van der Waals surface area contributed by atoms with E-state index >= 15 is 0 Å². The Morgan fingerprint density at radius 3 is 3.00 bits per heavy atom. The highest BCUT2D eigenvalue weighted by Crippen LogP contribution is 2.32. The van der Waals surface area contributed by atoms with Crippen LogP contribution in [0.3, 0.4) is 0 Å². The van der Waals surface area contributed by atoms with E-state index in [1.54, 1.807) is 7.11 Å². The van der Waals surface area contributed by atoms with Crippen molar-refractivity contribution in [2.45, 2.75) is 44.2 Å². The summed E-state index contributed by atoms with van der Waals surface area (Å²) in [6.07, 6.45) is 2.25. The molecule has 0 aromatic carbocycles. The molecule has 0 radical (unpaired) electrons. The van der Waals surface area contributed by atoms with Gasteiger partial charge in [-0.25, -0.2) is 0 Å². The Labute approximate surface area is 112 Å². The average molecular weight is 274 g/mol. The number of alkyl halides is 1. The third-order valence-electron chi connectivity index (χ3n) is 3.44. The summed E-state index contributed by atoms with van der Waals surface area (Å²) in [5.74, 6) is 2.51. The molecule has 0 amide bonds. The first-order valence-electron chi connectivity index (χ1n) is 6.40. The fraction of sp³-hybridized carbons (Fsp3) is 0.833. The van der Waals surface area contributed by atoms with Crippen molar-refractivity contribution in [3.8, 4) is 0 Å². The van der Waals surface area contributed by atoms with Crippen LogP contribution in [-0.2, 0) is 21.9 Å². The molecule has 18 heavy (non-hydrogen) atoms. The fourth-order valence-corrected chi connectivity index (χ4v) is 2.69. The molecule has 1 aliphatic rings. The van der Waals surface area contributed by atoms with Gasteiger partial charge in [-0.2, -0.15) is 0 Å². The summed E-state index contributed by atoms with van der Waals surface area (Å²) in [5, 5.41) is 8.48. The van der Waals surface area contributed by atoms with Crippen LogP contribution in [0.5, 0.6) is 0 Å². The first-order chi connectivity index (χ1) is 8.81. The van der Waals surface area contributed by atoms with Gasteiger partial charge in [0.05, 0.1) is 18.6 Å². The molecule has 6 heteroatoms. The lowest BCUT2D eigenvalue weighted by atomic mass is 9.98. The molecule has 0 N–H and O–H groups in total. The summed E-state index contributed by atoms with van der Waals surface area (Å²) >= 11 is 5.91. The highest BCUT2D eigenvalue weighted by Gasteiger charge is 2.32. The number of methoxy groups -OCH3 is 1. The molecular weight excluding hydrogens is 254 g/mol. The van der Waals surface area contributed by atoms with E-state index in [1.165, 1.54) is 0 Å². The second-order valence-electron chi connectivity index (χ2n) is 4.47. The summed E-state index contributed by atoms with van der Waals surface area (Å²) in [6.45, 7) is 4.32. The van der Waals surface area contributed by atoms with Gasteiger partial charge in [-0.05, 0) is 12.8 Å². The molecule has 1 aliphatic heterocycles. The van der Waals surface area contributed by atoms with Crippen molar-refractivity contribution in [3.63, 3.8) is 0 Å². The molecule has 0 saturated carbocycles. The molecule has 1 fully saturated rings. The predicted molar refractivity (Wildman–Crippen MR) is 68.8 cm³/mol. The predicted octanol–water partition coefficient (Wildman–Crippen LogP) is 1.95. The zero-order chi connectivity index (χ0) is 13.0. The first-order valence-corrected chi connectivity index (χ1v) is 6.93. The number of rotatable bonds is 6. The van der Waals surface area contributed by atoms with Crippen LogP contribution in [0.15, 0.2) is 0 Å². The Kier molecular flexibility index (Phi) is 4.97. The van der Waals surface area contributed by atoms with E-state index in [4.69, 9.17) is 21.1 Å². The van der Waals surface area contributed by atoms with E-state index in [1.807, 2.05) is 0 Å². The second kappa shape index (κ2) is 6.50. The molecule has 2 rings (SSSR count). The van der Waals surface area contributed by atoms with E-state index in [0.29, 0.717) is 18.4 Å². The Balaban J connectivity index is 2.23. The van der Waals surface area contributed by atoms with Crippen molar-refractivity contribution in [2.75, 3.05) is 20.3 Å². The minimum Gasteiger partial charge on any atom is -0.383 e. The SMILES string of the molecule is CCC1OCCC1c1nnc(CCl)n1CCOC. The average Bonchev–Trinajstić information content (AvgIpc) is 3.01. The lowest BCUT2D eigenvalue weighted by Gasteiger charge is -2.17. The maximum atomic E-state index is 5.91. The van der Waals surface area contributed by atoms with Crippen LogP contribution in [-0.4, -0.2) is 41.2 Å². The summed E-state index contributed by atoms with van der Waals surface area (Å²) < 4.78 is 12.9. The summed E-state index contributed by atoms with van der Waals surface area (Å²) in [6, 6.07) is 0. The van der Waals surface area contributed by atoms with Crippen LogP contribution in [0.2, 0.25) is 0 Å². The third-order valence-corrected chi connectivity index (χ3v) is 3.68. The van der Waals surface area contributed by atoms with E-state index in [0.717, 1.165) is 37.6 Å². The summed E-state index contributed by atoms with van der Waals surface area (Å²) in [7, 11) is 1.69. The van der Waals surface area contributed by atoms with Crippen molar-refractivity contribution in [3.05, 3.63) is 11.6 Å². The summed E-state index contributed by atoms with van der Waals surface area (Å²) in [4.78, 5) is 0. The maximum Gasteiger partial charge on any atom is 0.148 e. The molecule has 2 heterocycles. The molecule has 1 saturated heterocycles. The maximum absolute atomic E-state index is 5.91. The Hall–Kier alpha value is -0.650. The number of hydrogen-bond donors (Lipinski definition) is 0. The van der Waals surface area contributed by atoms with Gasteiger partial charge in [0.1, 0.15) is 11.6 Å². The van der Waals surface area contributed by atoms with Gasteiger partial charge in [0.15, 0.2) is 0 Å². The molecule has 1 aromatic heterocycles. The summed E-state index contributed by atoms with van der Waals surface area (Å²) in [5.41, 5.74) is 0. The lowest BCUT2D eigenvalue weighted by molar-refractivity contribution is 0.0983. The van der Waals surface area contributed by atoms with E-state index in [-0.39, 0.29) is 6.10 Å². The van der Waals surface area contributed by atoms with Gasteiger partial charge in [0.25, 0.3) is 0 Å². The van der Waals surface area contributed by atoms with Gasteiger partial charge >= 0.3 is 0 Å². The molecule has 0 bridgehead atoms. The first kappa shape index (κ1) is 13.8. The van der Waals surface area contributed by atoms with Crippen LogP contribution in [0, 0.1) is 0 Å². The molecule has 102 valence electrons. The molecule has 0 aliphatic carbocycles. The fourth-order valence-electron chi connectivity index (χ4n) is 2.49.